The molecule has 0 saturated heterocycles. The summed E-state index contributed by atoms with van der Waals surface area (Å²) in [6.45, 7) is 0. The molecule has 0 aromatic carbocycles. The Hall–Kier alpha value is -1.50. The van der Waals surface area contributed by atoms with E-state index < -0.39 is 0 Å². The van der Waals surface area contributed by atoms with Gasteiger partial charge in [0.25, 0.3) is 0 Å². The van der Waals surface area contributed by atoms with Gasteiger partial charge in [0.05, 0.1) is 0 Å². The maximum absolute atomic E-state index is 9.35. The summed E-state index contributed by atoms with van der Waals surface area (Å²) in [5, 5.41) is 12.5. The van der Waals surface area contributed by atoms with E-state index in [1.165, 1.54) is 5.94 Å². The fourth-order valence-electron chi connectivity index (χ4n) is 0.119. The minimum atomic E-state index is 0.855. The molecule has 0 heterocycles. The van der Waals surface area contributed by atoms with Crippen molar-refractivity contribution in [3.8, 4) is 0 Å². The Balaban J connectivity index is 3.66. The van der Waals surface area contributed by atoms with Gasteiger partial charge in [-0.15, -0.1) is 10.2 Å². The fourth-order valence-corrected chi connectivity index (χ4v) is 0.119. The highest BCUT2D eigenvalue weighted by Gasteiger charge is 1.55. The van der Waals surface area contributed by atoms with E-state index in [4.69, 9.17) is 5.41 Å². The van der Waals surface area contributed by atoms with E-state index in [0.29, 0.717) is 0 Å². The van der Waals surface area contributed by atoms with Crippen molar-refractivity contribution in [1.29, 1.82) is 5.41 Å². The minimum absolute atomic E-state index is 0.855. The van der Waals surface area contributed by atoms with Crippen molar-refractivity contribution < 1.29 is 4.79 Å². The highest BCUT2D eigenvalue weighted by atomic mass is 16.1. The maximum atomic E-state index is 9.35. The monoisotopic (exact) mass is 109 g/mol. The molecule has 0 aliphatic carbocycles. The second kappa shape index (κ2) is 5.50. The average molecular weight is 109 g/mol. The van der Waals surface area contributed by atoms with Crippen LogP contribution in [0.3, 0.4) is 0 Å². The lowest BCUT2D eigenvalue weighted by atomic mass is 11.0. The molecular weight excluding hydrogens is 106 g/mol. The molecule has 0 bridgehead atoms. The smallest absolute Gasteiger partial charge is 0.146 e. The summed E-state index contributed by atoms with van der Waals surface area (Å²) in [7, 11) is 0. The van der Waals surface area contributed by atoms with Crippen LogP contribution in [0.5, 0.6) is 0 Å². The first-order valence-corrected chi connectivity index (χ1v) is 1.75. The molecule has 0 atom stereocenters. The van der Waals surface area contributed by atoms with Crippen molar-refractivity contribution in [3.63, 3.8) is 0 Å². The quantitative estimate of drug-likeness (QED) is 0.314. The number of carbonyl (C=O) groups excluding carboxylic acids is 1. The van der Waals surface area contributed by atoms with Crippen molar-refractivity contribution in [2.75, 3.05) is 0 Å². The molecule has 0 aliphatic rings. The van der Waals surface area contributed by atoms with Gasteiger partial charge in [-0.25, -0.2) is 4.79 Å². The van der Waals surface area contributed by atoms with E-state index in [1.807, 2.05) is 5.87 Å². The summed E-state index contributed by atoms with van der Waals surface area (Å²) in [6, 6.07) is 0. The van der Waals surface area contributed by atoms with Crippen molar-refractivity contribution in [1.82, 2.24) is 0 Å². The molecule has 8 heavy (non-hydrogen) atoms. The Morgan fingerprint density at radius 3 is 2.50 bits per heavy atom. The van der Waals surface area contributed by atoms with Gasteiger partial charge in [-0.3, -0.25) is 5.41 Å². The first-order chi connectivity index (χ1) is 3.91. The third-order valence-corrected chi connectivity index (χ3v) is 0.299. The highest BCUT2D eigenvalue weighted by Crippen LogP contribution is 1.70. The number of nitrogens with one attached hydrogen (secondary N) is 1. The van der Waals surface area contributed by atoms with Gasteiger partial charge < -0.3 is 0 Å². The fraction of sp³-hybridized carbons (Fsp3) is 0. The van der Waals surface area contributed by atoms with Crippen LogP contribution in [0.1, 0.15) is 0 Å². The van der Waals surface area contributed by atoms with Gasteiger partial charge >= 0.3 is 0 Å². The number of nitrogens with zero attached hydrogens (tertiary/aromatic N) is 2. The van der Waals surface area contributed by atoms with Gasteiger partial charge in [0.1, 0.15) is 18.3 Å². The SMILES string of the molecule is N=C=CN=NC=C=O. The predicted octanol–water partition coefficient (Wildman–Crippen LogP) is 0.546. The molecule has 0 fully saturated rings. The van der Waals surface area contributed by atoms with Crippen molar-refractivity contribution in [2.45, 2.75) is 0 Å². The van der Waals surface area contributed by atoms with Gasteiger partial charge in [-0.05, 0) is 5.87 Å². The topological polar surface area (TPSA) is 65.6 Å². The predicted molar refractivity (Wildman–Crippen MR) is 27.4 cm³/mol. The largest absolute Gasteiger partial charge is 0.257 e. The van der Waals surface area contributed by atoms with Crippen LogP contribution in [0, 0.1) is 5.41 Å². The van der Waals surface area contributed by atoms with E-state index in [1.54, 1.807) is 0 Å². The second-order valence-electron chi connectivity index (χ2n) is 0.751. The minimum Gasteiger partial charge on any atom is -0.257 e. The molecule has 40 valence electrons. The van der Waals surface area contributed by atoms with Gasteiger partial charge in [0.15, 0.2) is 0 Å². The molecule has 0 amide bonds. The normalized spacial score (nSPS) is 7.50. The summed E-state index contributed by atoms with van der Waals surface area (Å²) >= 11 is 0. The van der Waals surface area contributed by atoms with Crippen LogP contribution >= 0.6 is 0 Å². The summed E-state index contributed by atoms with van der Waals surface area (Å²) in [5.74, 6) is 3.22. The third-order valence-electron chi connectivity index (χ3n) is 0.299. The zero-order chi connectivity index (χ0) is 6.24. The first-order valence-electron chi connectivity index (χ1n) is 1.75. The Morgan fingerprint density at radius 1 is 1.38 bits per heavy atom. The van der Waals surface area contributed by atoms with Crippen LogP contribution in [-0.4, -0.2) is 11.8 Å². The van der Waals surface area contributed by atoms with Crippen molar-refractivity contribution in [3.05, 3.63) is 12.4 Å². The van der Waals surface area contributed by atoms with Gasteiger partial charge in [-0.1, -0.05) is 0 Å². The van der Waals surface area contributed by atoms with Crippen LogP contribution in [0.25, 0.3) is 0 Å². The summed E-state index contributed by atoms with van der Waals surface area (Å²) in [6.07, 6.45) is 1.88. The molecule has 4 heteroatoms. The van der Waals surface area contributed by atoms with Crippen LogP contribution in [0.4, 0.5) is 0 Å². The third kappa shape index (κ3) is 4.50. The molecule has 0 aromatic heterocycles. The lowest BCUT2D eigenvalue weighted by Gasteiger charge is -1.60. The van der Waals surface area contributed by atoms with Crippen molar-refractivity contribution >= 4 is 11.8 Å². The van der Waals surface area contributed by atoms with Crippen LogP contribution in [-0.2, 0) is 4.79 Å². The van der Waals surface area contributed by atoms with Gasteiger partial charge in [0, 0.05) is 0 Å². The Labute approximate surface area is 45.7 Å². The molecule has 0 rings (SSSR count). The summed E-state index contributed by atoms with van der Waals surface area (Å²) < 4.78 is 0. The first kappa shape index (κ1) is 6.50. The molecule has 1 N–H and O–H groups in total. The zero-order valence-electron chi connectivity index (χ0n) is 3.96. The Kier molecular flexibility index (Phi) is 4.47. The molecule has 0 aromatic rings. The number of azo groups is 1. The lowest BCUT2D eigenvalue weighted by Crippen LogP contribution is -1.48. The van der Waals surface area contributed by atoms with E-state index in [9.17, 15) is 4.79 Å². The van der Waals surface area contributed by atoms with Crippen molar-refractivity contribution in [2.24, 2.45) is 10.2 Å². The maximum Gasteiger partial charge on any atom is 0.146 e. The molecular formula is C4H3N3O. The van der Waals surface area contributed by atoms with Crippen LogP contribution in [0.15, 0.2) is 22.6 Å². The lowest BCUT2D eigenvalue weighted by molar-refractivity contribution is 0.568. The molecule has 0 unspecified atom stereocenters. The van der Waals surface area contributed by atoms with E-state index in [2.05, 4.69) is 10.2 Å². The number of rotatable bonds is 2. The Morgan fingerprint density at radius 2 is 2.00 bits per heavy atom. The molecule has 0 radical (unpaired) electrons. The average Bonchev–Trinajstić information content (AvgIpc) is 1.81. The van der Waals surface area contributed by atoms with E-state index in [0.717, 1.165) is 12.4 Å². The molecule has 0 aliphatic heterocycles. The van der Waals surface area contributed by atoms with E-state index >= 15 is 0 Å². The highest BCUT2D eigenvalue weighted by molar-refractivity contribution is 5.46. The van der Waals surface area contributed by atoms with Gasteiger partial charge in [-0.2, -0.15) is 0 Å². The van der Waals surface area contributed by atoms with Gasteiger partial charge in [0.2, 0.25) is 0 Å². The summed E-state index contributed by atoms with van der Waals surface area (Å²) in [4.78, 5) is 9.35. The standard InChI is InChI=1S/C4H3N3O/c5-1-2-6-7-3-4-8/h2-3,5H. The van der Waals surface area contributed by atoms with Crippen LogP contribution < -0.4 is 0 Å². The molecule has 4 nitrogen and oxygen atoms in total. The summed E-state index contributed by atoms with van der Waals surface area (Å²) in [5.41, 5.74) is 0. The number of hydrogen-bond acceptors (Lipinski definition) is 4. The number of hydrogen-bond donors (Lipinski definition) is 1. The zero-order valence-corrected chi connectivity index (χ0v) is 3.96. The Bertz CT molecular complexity index is 152. The van der Waals surface area contributed by atoms with E-state index in [-0.39, 0.29) is 0 Å². The molecule has 0 saturated carbocycles. The molecule has 0 spiro atoms. The second-order valence-corrected chi connectivity index (χ2v) is 0.751. The van der Waals surface area contributed by atoms with Crippen LogP contribution in [0.2, 0.25) is 0 Å².